The molecule has 0 amide bonds. The molecule has 4 aliphatic rings. The second-order valence-electron chi connectivity index (χ2n) is 14.2. The van der Waals surface area contributed by atoms with E-state index >= 15 is 0 Å². The van der Waals surface area contributed by atoms with Gasteiger partial charge in [0.05, 0.1) is 0 Å². The van der Waals surface area contributed by atoms with Crippen LogP contribution in [0.4, 0.5) is 0 Å². The summed E-state index contributed by atoms with van der Waals surface area (Å²) < 4.78 is 5.86. The number of rotatable bonds is 6. The van der Waals surface area contributed by atoms with Crippen LogP contribution in [0.15, 0.2) is 22.8 Å². The summed E-state index contributed by atoms with van der Waals surface area (Å²) in [5, 5.41) is 0. The highest BCUT2D eigenvalue weighted by Crippen LogP contribution is 2.69. The summed E-state index contributed by atoms with van der Waals surface area (Å²) in [6.07, 6.45) is 15.2. The van der Waals surface area contributed by atoms with Gasteiger partial charge in [-0.05, 0) is 90.1 Å². The van der Waals surface area contributed by atoms with Gasteiger partial charge in [0.25, 0.3) is 0 Å². The Morgan fingerprint density at radius 1 is 1.03 bits per heavy atom. The maximum absolute atomic E-state index is 11.8. The zero-order valence-electron chi connectivity index (χ0n) is 23.8. The molecular formula is C32H52O2. The fourth-order valence-corrected chi connectivity index (χ4v) is 9.22. The first-order chi connectivity index (χ1) is 15.8. The second-order valence-corrected chi connectivity index (χ2v) is 14.2. The van der Waals surface area contributed by atoms with E-state index in [0.29, 0.717) is 16.7 Å². The van der Waals surface area contributed by atoms with Gasteiger partial charge in [0.15, 0.2) is 0 Å². The monoisotopic (exact) mass is 468 g/mol. The maximum atomic E-state index is 11.8. The molecule has 1 fully saturated rings. The summed E-state index contributed by atoms with van der Waals surface area (Å²) in [7, 11) is 0. The summed E-state index contributed by atoms with van der Waals surface area (Å²) in [5.41, 5.74) is 6.22. The van der Waals surface area contributed by atoms with Gasteiger partial charge in [0.2, 0.25) is 0 Å². The van der Waals surface area contributed by atoms with Crippen molar-refractivity contribution in [3.8, 4) is 0 Å². The molecule has 0 N–H and O–H groups in total. The molecule has 0 saturated heterocycles. The number of esters is 1. The van der Waals surface area contributed by atoms with E-state index in [1.807, 2.05) is 0 Å². The molecule has 0 radical (unpaired) electrons. The first-order valence-corrected chi connectivity index (χ1v) is 14.4. The van der Waals surface area contributed by atoms with E-state index in [4.69, 9.17) is 4.74 Å². The molecule has 2 nitrogen and oxygen atoms in total. The lowest BCUT2D eigenvalue weighted by Gasteiger charge is -2.60. The highest BCUT2D eigenvalue weighted by atomic mass is 16.5. The Morgan fingerprint density at radius 2 is 1.74 bits per heavy atom. The Labute approximate surface area is 210 Å². The lowest BCUT2D eigenvalue weighted by atomic mass is 9.45. The van der Waals surface area contributed by atoms with E-state index in [9.17, 15) is 4.79 Å². The topological polar surface area (TPSA) is 26.3 Å². The molecule has 6 unspecified atom stereocenters. The molecule has 2 heteroatoms. The minimum absolute atomic E-state index is 0.0292. The van der Waals surface area contributed by atoms with Crippen LogP contribution in [-0.4, -0.2) is 12.1 Å². The van der Waals surface area contributed by atoms with Gasteiger partial charge in [-0.25, -0.2) is 0 Å². The predicted molar refractivity (Wildman–Crippen MR) is 142 cm³/mol. The van der Waals surface area contributed by atoms with Crippen LogP contribution < -0.4 is 0 Å². The van der Waals surface area contributed by atoms with Gasteiger partial charge in [-0.1, -0.05) is 86.3 Å². The van der Waals surface area contributed by atoms with Crippen molar-refractivity contribution in [2.75, 3.05) is 0 Å². The van der Waals surface area contributed by atoms with Crippen molar-refractivity contribution >= 4 is 5.97 Å². The largest absolute Gasteiger partial charge is 0.462 e. The number of carbonyl (C=O) groups is 1. The van der Waals surface area contributed by atoms with Crippen LogP contribution in [0.25, 0.3) is 0 Å². The van der Waals surface area contributed by atoms with Gasteiger partial charge in [0, 0.05) is 12.3 Å². The van der Waals surface area contributed by atoms with Crippen molar-refractivity contribution in [3.05, 3.63) is 22.8 Å². The standard InChI is InChI=1S/C32H52O2/c1-21(2)11-10-12-22(3)31(8)19-16-26-24-13-14-27-29(5,6)28(34-23(4)33)17-18-30(27,7)25(24)15-20-32(26,31)9/h16,21-22,27-28H,10-15,17-20H2,1-9H3. The van der Waals surface area contributed by atoms with Crippen LogP contribution in [0.2, 0.25) is 0 Å². The van der Waals surface area contributed by atoms with E-state index in [1.165, 1.54) is 51.4 Å². The highest BCUT2D eigenvalue weighted by molar-refractivity contribution is 5.66. The fraction of sp³-hybridized carbons (Fsp3) is 0.844. The molecule has 0 bridgehead atoms. The normalized spacial score (nSPS) is 39.8. The third kappa shape index (κ3) is 3.85. The number of ether oxygens (including phenoxy) is 1. The number of fused-ring (bicyclic) bond motifs is 4. The van der Waals surface area contributed by atoms with Crippen LogP contribution in [0.5, 0.6) is 0 Å². The van der Waals surface area contributed by atoms with Crippen LogP contribution in [-0.2, 0) is 9.53 Å². The zero-order valence-corrected chi connectivity index (χ0v) is 23.8. The molecule has 34 heavy (non-hydrogen) atoms. The predicted octanol–water partition coefficient (Wildman–Crippen LogP) is 9.05. The lowest BCUT2D eigenvalue weighted by molar-refractivity contribution is -0.166. The fourth-order valence-electron chi connectivity index (χ4n) is 9.22. The first-order valence-electron chi connectivity index (χ1n) is 14.4. The average Bonchev–Trinajstić information content (AvgIpc) is 3.02. The van der Waals surface area contributed by atoms with E-state index in [-0.39, 0.29) is 22.9 Å². The van der Waals surface area contributed by atoms with Crippen molar-refractivity contribution in [1.82, 2.24) is 0 Å². The molecule has 0 spiro atoms. The number of hydrogen-bond donors (Lipinski definition) is 0. The number of hydrogen-bond acceptors (Lipinski definition) is 2. The smallest absolute Gasteiger partial charge is 0.302 e. The molecule has 0 aromatic carbocycles. The average molecular weight is 469 g/mol. The van der Waals surface area contributed by atoms with Crippen molar-refractivity contribution in [3.63, 3.8) is 0 Å². The van der Waals surface area contributed by atoms with E-state index in [2.05, 4.69) is 61.5 Å². The third-order valence-electron chi connectivity index (χ3n) is 11.8. The van der Waals surface area contributed by atoms with Crippen molar-refractivity contribution in [2.24, 2.45) is 39.4 Å². The number of allylic oxidation sites excluding steroid dienone is 4. The summed E-state index contributed by atoms with van der Waals surface area (Å²) in [6, 6.07) is 0. The quantitative estimate of drug-likeness (QED) is 0.363. The minimum Gasteiger partial charge on any atom is -0.462 e. The molecule has 1 saturated carbocycles. The van der Waals surface area contributed by atoms with Crippen molar-refractivity contribution in [2.45, 2.75) is 133 Å². The molecule has 4 rings (SSSR count). The molecule has 0 aliphatic heterocycles. The SMILES string of the molecule is CC(=O)OC1CCC2(C)C3=C(CCC2C1(C)C)C1=CCC(C)(C(C)CCCC(C)C)C1(C)CC3. The van der Waals surface area contributed by atoms with Crippen molar-refractivity contribution in [1.29, 1.82) is 0 Å². The Hall–Kier alpha value is -1.05. The molecule has 0 heterocycles. The highest BCUT2D eigenvalue weighted by Gasteiger charge is 2.60. The minimum atomic E-state index is -0.122. The van der Waals surface area contributed by atoms with Gasteiger partial charge in [0.1, 0.15) is 6.10 Å². The Balaban J connectivity index is 1.61. The summed E-state index contributed by atoms with van der Waals surface area (Å²) in [5.74, 6) is 2.04. The van der Waals surface area contributed by atoms with Crippen LogP contribution in [0.1, 0.15) is 127 Å². The van der Waals surface area contributed by atoms with Gasteiger partial charge in [-0.2, -0.15) is 0 Å². The Morgan fingerprint density at radius 3 is 2.38 bits per heavy atom. The van der Waals surface area contributed by atoms with Crippen LogP contribution >= 0.6 is 0 Å². The van der Waals surface area contributed by atoms with Crippen LogP contribution in [0, 0.1) is 39.4 Å². The van der Waals surface area contributed by atoms with Gasteiger partial charge in [-0.3, -0.25) is 4.79 Å². The molecule has 0 aromatic heterocycles. The van der Waals surface area contributed by atoms with E-state index in [1.54, 1.807) is 23.6 Å². The molecule has 0 aromatic rings. The first kappa shape index (κ1) is 26.0. The van der Waals surface area contributed by atoms with E-state index in [0.717, 1.165) is 24.7 Å². The second kappa shape index (κ2) is 8.81. The Bertz CT molecular complexity index is 875. The summed E-state index contributed by atoms with van der Waals surface area (Å²) in [4.78, 5) is 11.8. The molecular weight excluding hydrogens is 416 g/mol. The molecule has 4 aliphatic carbocycles. The van der Waals surface area contributed by atoms with Crippen LogP contribution in [0.3, 0.4) is 0 Å². The summed E-state index contributed by atoms with van der Waals surface area (Å²) in [6.45, 7) is 21.4. The van der Waals surface area contributed by atoms with Gasteiger partial charge >= 0.3 is 5.97 Å². The van der Waals surface area contributed by atoms with Gasteiger partial charge < -0.3 is 4.74 Å². The van der Waals surface area contributed by atoms with E-state index < -0.39 is 0 Å². The molecule has 6 atom stereocenters. The Kier molecular flexibility index (Phi) is 6.74. The van der Waals surface area contributed by atoms with Gasteiger partial charge in [-0.15, -0.1) is 0 Å². The third-order valence-corrected chi connectivity index (χ3v) is 11.8. The van der Waals surface area contributed by atoms with Crippen molar-refractivity contribution < 1.29 is 9.53 Å². The number of carbonyl (C=O) groups excluding carboxylic acids is 1. The lowest BCUT2D eigenvalue weighted by Crippen LogP contribution is -2.54. The zero-order chi connectivity index (χ0) is 25.1. The maximum Gasteiger partial charge on any atom is 0.302 e. The molecule has 192 valence electrons. The summed E-state index contributed by atoms with van der Waals surface area (Å²) >= 11 is 0.